The highest BCUT2D eigenvalue weighted by atomic mass is 15.2. The zero-order valence-corrected chi connectivity index (χ0v) is 12.7. The van der Waals surface area contributed by atoms with Crippen molar-refractivity contribution in [2.75, 3.05) is 13.1 Å². The summed E-state index contributed by atoms with van der Waals surface area (Å²) in [5.74, 6) is 0.717. The monoisotopic (exact) mass is 242 g/mol. The van der Waals surface area contributed by atoms with Gasteiger partial charge in [-0.25, -0.2) is 0 Å². The van der Waals surface area contributed by atoms with Gasteiger partial charge >= 0.3 is 0 Å². The van der Waals surface area contributed by atoms with E-state index in [1.807, 2.05) is 0 Å². The van der Waals surface area contributed by atoms with Crippen molar-refractivity contribution >= 4 is 0 Å². The highest BCUT2D eigenvalue weighted by Crippen LogP contribution is 2.19. The van der Waals surface area contributed by atoms with E-state index in [1.54, 1.807) is 0 Å². The Bertz CT molecular complexity index is 168. The summed E-state index contributed by atoms with van der Waals surface area (Å²) in [4.78, 5) is 2.62. The molecule has 0 aromatic rings. The first kappa shape index (κ1) is 16.9. The Labute approximate surface area is 109 Å². The molecule has 104 valence electrons. The molecule has 0 aromatic heterocycles. The molecule has 0 fully saturated rings. The quantitative estimate of drug-likeness (QED) is 0.593. The predicted molar refractivity (Wildman–Crippen MR) is 78.3 cm³/mol. The number of unbranched alkanes of at least 4 members (excludes halogenated alkanes) is 2. The Balaban J connectivity index is 4.40. The van der Waals surface area contributed by atoms with Gasteiger partial charge in [0, 0.05) is 18.6 Å². The first-order valence-corrected chi connectivity index (χ1v) is 7.54. The SMILES string of the molecule is CCCCCN(C(C)C)C(CN)C(C)CCC. The minimum Gasteiger partial charge on any atom is -0.329 e. The highest BCUT2D eigenvalue weighted by Gasteiger charge is 2.24. The number of nitrogens with two attached hydrogens (primary N) is 1. The van der Waals surface area contributed by atoms with E-state index in [1.165, 1.54) is 38.6 Å². The van der Waals surface area contributed by atoms with Gasteiger partial charge in [0.2, 0.25) is 0 Å². The van der Waals surface area contributed by atoms with Gasteiger partial charge in [-0.1, -0.05) is 40.0 Å². The molecule has 2 nitrogen and oxygen atoms in total. The van der Waals surface area contributed by atoms with Crippen LogP contribution in [0.1, 0.15) is 66.7 Å². The molecule has 0 heterocycles. The summed E-state index contributed by atoms with van der Waals surface area (Å²) in [7, 11) is 0. The molecule has 0 aliphatic carbocycles. The van der Waals surface area contributed by atoms with E-state index in [0.717, 1.165) is 6.54 Å². The van der Waals surface area contributed by atoms with Gasteiger partial charge in [0.1, 0.15) is 0 Å². The predicted octanol–water partition coefficient (Wildman–Crippen LogP) is 3.65. The van der Waals surface area contributed by atoms with Crippen molar-refractivity contribution in [3.63, 3.8) is 0 Å². The van der Waals surface area contributed by atoms with Gasteiger partial charge in [0.05, 0.1) is 0 Å². The van der Waals surface area contributed by atoms with E-state index in [2.05, 4.69) is 39.5 Å². The zero-order valence-electron chi connectivity index (χ0n) is 12.7. The van der Waals surface area contributed by atoms with Crippen LogP contribution in [0.5, 0.6) is 0 Å². The van der Waals surface area contributed by atoms with Crippen molar-refractivity contribution in [3.05, 3.63) is 0 Å². The van der Waals surface area contributed by atoms with Gasteiger partial charge in [-0.3, -0.25) is 4.90 Å². The normalized spacial score (nSPS) is 15.5. The molecule has 0 rings (SSSR count). The first-order chi connectivity index (χ1) is 8.08. The Morgan fingerprint density at radius 2 is 1.65 bits per heavy atom. The smallest absolute Gasteiger partial charge is 0.0246 e. The summed E-state index contributed by atoms with van der Waals surface area (Å²) in [5, 5.41) is 0. The minimum atomic E-state index is 0.562. The lowest BCUT2D eigenvalue weighted by molar-refractivity contribution is 0.110. The van der Waals surface area contributed by atoms with Crippen LogP contribution in [0.25, 0.3) is 0 Å². The summed E-state index contributed by atoms with van der Waals surface area (Å²) < 4.78 is 0. The van der Waals surface area contributed by atoms with Crippen molar-refractivity contribution < 1.29 is 0 Å². The highest BCUT2D eigenvalue weighted by molar-refractivity contribution is 4.80. The van der Waals surface area contributed by atoms with Crippen LogP contribution in [0.3, 0.4) is 0 Å². The largest absolute Gasteiger partial charge is 0.329 e. The molecule has 2 unspecified atom stereocenters. The number of hydrogen-bond acceptors (Lipinski definition) is 2. The summed E-state index contributed by atoms with van der Waals surface area (Å²) >= 11 is 0. The molecule has 2 N–H and O–H groups in total. The molecule has 0 spiro atoms. The molecule has 0 saturated carbocycles. The van der Waals surface area contributed by atoms with Crippen molar-refractivity contribution in [1.29, 1.82) is 0 Å². The lowest BCUT2D eigenvalue weighted by atomic mass is 9.94. The van der Waals surface area contributed by atoms with Gasteiger partial charge in [-0.2, -0.15) is 0 Å². The second kappa shape index (κ2) is 9.90. The number of rotatable bonds is 10. The van der Waals surface area contributed by atoms with Crippen LogP contribution in [-0.4, -0.2) is 30.1 Å². The summed E-state index contributed by atoms with van der Waals surface area (Å²) in [6.45, 7) is 13.5. The number of hydrogen-bond donors (Lipinski definition) is 1. The molecule has 0 amide bonds. The molecule has 0 aliphatic heterocycles. The van der Waals surface area contributed by atoms with Crippen molar-refractivity contribution in [2.45, 2.75) is 78.8 Å². The lowest BCUT2D eigenvalue weighted by Gasteiger charge is -2.38. The average Bonchev–Trinajstić information content (AvgIpc) is 2.28. The van der Waals surface area contributed by atoms with Gasteiger partial charge < -0.3 is 5.73 Å². The zero-order chi connectivity index (χ0) is 13.3. The minimum absolute atomic E-state index is 0.562. The first-order valence-electron chi connectivity index (χ1n) is 7.54. The van der Waals surface area contributed by atoms with Crippen molar-refractivity contribution in [2.24, 2.45) is 11.7 Å². The molecule has 0 bridgehead atoms. The average molecular weight is 242 g/mol. The van der Waals surface area contributed by atoms with Gasteiger partial charge in [0.15, 0.2) is 0 Å². The molecular formula is C15H34N2. The molecule has 0 saturated heterocycles. The molecule has 0 aromatic carbocycles. The maximum atomic E-state index is 6.01. The maximum Gasteiger partial charge on any atom is 0.0246 e. The van der Waals surface area contributed by atoms with Gasteiger partial charge in [-0.15, -0.1) is 0 Å². The molecule has 0 radical (unpaired) electrons. The van der Waals surface area contributed by atoms with Crippen LogP contribution in [0.4, 0.5) is 0 Å². The van der Waals surface area contributed by atoms with E-state index >= 15 is 0 Å². The Morgan fingerprint density at radius 3 is 2.06 bits per heavy atom. The van der Waals surface area contributed by atoms with Crippen LogP contribution >= 0.6 is 0 Å². The van der Waals surface area contributed by atoms with Crippen LogP contribution in [0, 0.1) is 5.92 Å². The number of nitrogens with zero attached hydrogens (tertiary/aromatic N) is 1. The Kier molecular flexibility index (Phi) is 9.85. The fourth-order valence-corrected chi connectivity index (χ4v) is 2.69. The third-order valence-electron chi connectivity index (χ3n) is 3.75. The van der Waals surface area contributed by atoms with Crippen LogP contribution in [0.2, 0.25) is 0 Å². The van der Waals surface area contributed by atoms with E-state index in [4.69, 9.17) is 5.73 Å². The van der Waals surface area contributed by atoms with Crippen molar-refractivity contribution in [3.8, 4) is 0 Å². The van der Waals surface area contributed by atoms with Gasteiger partial charge in [-0.05, 0) is 39.2 Å². The fraction of sp³-hybridized carbons (Fsp3) is 1.00. The standard InChI is InChI=1S/C15H34N2/c1-6-8-9-11-17(13(3)4)15(12-16)14(5)10-7-2/h13-15H,6-12,16H2,1-5H3. The second-order valence-electron chi connectivity index (χ2n) is 5.61. The maximum absolute atomic E-state index is 6.01. The van der Waals surface area contributed by atoms with Crippen LogP contribution < -0.4 is 5.73 Å². The fourth-order valence-electron chi connectivity index (χ4n) is 2.69. The Morgan fingerprint density at radius 1 is 1.00 bits per heavy atom. The third kappa shape index (κ3) is 6.42. The van der Waals surface area contributed by atoms with E-state index in [9.17, 15) is 0 Å². The van der Waals surface area contributed by atoms with E-state index in [0.29, 0.717) is 18.0 Å². The second-order valence-corrected chi connectivity index (χ2v) is 5.61. The summed E-state index contributed by atoms with van der Waals surface area (Å²) in [6.07, 6.45) is 6.49. The topological polar surface area (TPSA) is 29.3 Å². The van der Waals surface area contributed by atoms with Crippen LogP contribution in [-0.2, 0) is 0 Å². The molecule has 2 atom stereocenters. The van der Waals surface area contributed by atoms with Gasteiger partial charge in [0.25, 0.3) is 0 Å². The lowest BCUT2D eigenvalue weighted by Crippen LogP contribution is -2.48. The van der Waals surface area contributed by atoms with Crippen LogP contribution in [0.15, 0.2) is 0 Å². The summed E-state index contributed by atoms with van der Waals surface area (Å²) in [5.41, 5.74) is 6.01. The van der Waals surface area contributed by atoms with E-state index in [-0.39, 0.29) is 0 Å². The molecular weight excluding hydrogens is 208 g/mol. The molecule has 2 heteroatoms. The molecule has 0 aliphatic rings. The van der Waals surface area contributed by atoms with Crippen molar-refractivity contribution in [1.82, 2.24) is 4.90 Å². The van der Waals surface area contributed by atoms with E-state index < -0.39 is 0 Å². The summed E-state index contributed by atoms with van der Waals surface area (Å²) in [6, 6.07) is 1.17. The molecule has 17 heavy (non-hydrogen) atoms. The third-order valence-corrected chi connectivity index (χ3v) is 3.75. The Hall–Kier alpha value is -0.0800.